The van der Waals surface area contributed by atoms with Crippen LogP contribution in [0.25, 0.3) is 0 Å². The highest BCUT2D eigenvalue weighted by molar-refractivity contribution is 5.95. The highest BCUT2D eigenvalue weighted by atomic mass is 16.4. The largest absolute Gasteiger partial charge is 0.478 e. The maximum absolute atomic E-state index is 11.2. The second kappa shape index (κ2) is 6.26. The molecule has 1 aromatic carbocycles. The van der Waals surface area contributed by atoms with Crippen LogP contribution in [0.1, 0.15) is 21.5 Å². The lowest BCUT2D eigenvalue weighted by Gasteiger charge is -2.21. The van der Waals surface area contributed by atoms with Crippen LogP contribution in [0, 0.1) is 6.92 Å². The Labute approximate surface area is 124 Å². The number of likely N-dealkylation sites (N-methyl/N-ethyl adjacent to an activating group) is 1. The number of carboxylic acids is 1. The maximum atomic E-state index is 11.2. The molecule has 0 fully saturated rings. The van der Waals surface area contributed by atoms with Crippen molar-refractivity contribution in [1.82, 2.24) is 4.98 Å². The molecule has 0 aliphatic carbocycles. The van der Waals surface area contributed by atoms with Crippen molar-refractivity contribution in [2.24, 2.45) is 0 Å². The first-order valence-corrected chi connectivity index (χ1v) is 6.72. The van der Waals surface area contributed by atoms with Gasteiger partial charge < -0.3 is 15.7 Å². The quantitative estimate of drug-likeness (QED) is 0.824. The Morgan fingerprint density at radius 2 is 2.00 bits per heavy atom. The molecule has 0 aliphatic heterocycles. The predicted molar refractivity (Wildman–Crippen MR) is 83.8 cm³/mol. The van der Waals surface area contributed by atoms with Crippen LogP contribution < -0.4 is 10.6 Å². The number of carboxylic acid groups (broad SMARTS) is 1. The molecule has 0 saturated heterocycles. The van der Waals surface area contributed by atoms with Crippen LogP contribution in [0.3, 0.4) is 0 Å². The van der Waals surface area contributed by atoms with Crippen LogP contribution in [0.2, 0.25) is 0 Å². The van der Waals surface area contributed by atoms with E-state index in [1.807, 2.05) is 37.1 Å². The molecule has 0 aliphatic rings. The summed E-state index contributed by atoms with van der Waals surface area (Å²) in [6.45, 7) is 2.61. The van der Waals surface area contributed by atoms with E-state index in [0.717, 1.165) is 24.2 Å². The van der Waals surface area contributed by atoms with Crippen LogP contribution >= 0.6 is 0 Å². The summed E-state index contributed by atoms with van der Waals surface area (Å²) < 4.78 is 0. The molecule has 0 radical (unpaired) electrons. The van der Waals surface area contributed by atoms with Crippen LogP contribution in [-0.2, 0) is 6.42 Å². The van der Waals surface area contributed by atoms with Crippen molar-refractivity contribution in [3.05, 3.63) is 53.3 Å². The van der Waals surface area contributed by atoms with Crippen LogP contribution in [0.5, 0.6) is 0 Å². The van der Waals surface area contributed by atoms with Gasteiger partial charge in [0.1, 0.15) is 0 Å². The molecule has 0 bridgehead atoms. The van der Waals surface area contributed by atoms with Crippen LogP contribution in [-0.4, -0.2) is 29.7 Å². The Bertz CT molecular complexity index is 641. The van der Waals surface area contributed by atoms with Crippen molar-refractivity contribution in [2.75, 3.05) is 24.2 Å². The number of pyridine rings is 1. The zero-order chi connectivity index (χ0) is 15.4. The molecule has 0 unspecified atom stereocenters. The van der Waals surface area contributed by atoms with Gasteiger partial charge in [-0.15, -0.1) is 0 Å². The zero-order valence-corrected chi connectivity index (χ0v) is 12.2. The molecule has 1 aromatic heterocycles. The number of benzene rings is 1. The Morgan fingerprint density at radius 3 is 2.62 bits per heavy atom. The average Bonchev–Trinajstić information content (AvgIpc) is 2.48. The van der Waals surface area contributed by atoms with Gasteiger partial charge in [-0.25, -0.2) is 4.79 Å². The smallest absolute Gasteiger partial charge is 0.337 e. The SMILES string of the molecule is Cc1cc(N(C)CCc2ccncc2)cc(C(=O)O)c1N. The van der Waals surface area contributed by atoms with Crippen molar-refractivity contribution in [1.29, 1.82) is 0 Å². The monoisotopic (exact) mass is 285 g/mol. The molecule has 1 heterocycles. The van der Waals surface area contributed by atoms with E-state index in [4.69, 9.17) is 5.73 Å². The first-order valence-electron chi connectivity index (χ1n) is 6.72. The molecule has 2 rings (SSSR count). The number of nitrogens with two attached hydrogens (primary N) is 1. The summed E-state index contributed by atoms with van der Waals surface area (Å²) in [5, 5.41) is 9.20. The Balaban J connectivity index is 2.16. The molecule has 5 nitrogen and oxygen atoms in total. The van der Waals surface area contributed by atoms with Gasteiger partial charge in [-0.1, -0.05) is 0 Å². The van der Waals surface area contributed by atoms with Crippen molar-refractivity contribution in [2.45, 2.75) is 13.3 Å². The second-order valence-corrected chi connectivity index (χ2v) is 5.06. The highest BCUT2D eigenvalue weighted by Crippen LogP contribution is 2.25. The van der Waals surface area contributed by atoms with E-state index in [9.17, 15) is 9.90 Å². The van der Waals surface area contributed by atoms with E-state index in [0.29, 0.717) is 5.69 Å². The van der Waals surface area contributed by atoms with Crippen LogP contribution in [0.4, 0.5) is 11.4 Å². The van der Waals surface area contributed by atoms with Gasteiger partial charge in [-0.2, -0.15) is 0 Å². The van der Waals surface area contributed by atoms with Crippen molar-refractivity contribution in [3.8, 4) is 0 Å². The lowest BCUT2D eigenvalue weighted by molar-refractivity contribution is 0.0698. The molecule has 0 saturated carbocycles. The van der Waals surface area contributed by atoms with Gasteiger partial charge in [0.2, 0.25) is 0 Å². The fraction of sp³-hybridized carbons (Fsp3) is 0.250. The van der Waals surface area contributed by atoms with Gasteiger partial charge in [0.25, 0.3) is 0 Å². The number of carbonyl (C=O) groups is 1. The first-order chi connectivity index (χ1) is 9.99. The number of nitrogens with zero attached hydrogens (tertiary/aromatic N) is 2. The van der Waals surface area contributed by atoms with E-state index in [1.165, 1.54) is 5.56 Å². The number of aromatic carboxylic acids is 1. The summed E-state index contributed by atoms with van der Waals surface area (Å²) in [4.78, 5) is 17.2. The number of aryl methyl sites for hydroxylation is 1. The molecule has 3 N–H and O–H groups in total. The highest BCUT2D eigenvalue weighted by Gasteiger charge is 2.13. The van der Waals surface area contributed by atoms with Gasteiger partial charge in [-0.3, -0.25) is 4.98 Å². The first kappa shape index (κ1) is 14.8. The molecule has 0 atom stereocenters. The molecule has 0 amide bonds. The summed E-state index contributed by atoms with van der Waals surface area (Å²) >= 11 is 0. The number of anilines is 2. The number of hydrogen-bond acceptors (Lipinski definition) is 4. The maximum Gasteiger partial charge on any atom is 0.337 e. The topological polar surface area (TPSA) is 79.5 Å². The summed E-state index contributed by atoms with van der Waals surface area (Å²) in [5.41, 5.74) is 9.12. The standard InChI is InChI=1S/C16H19N3O2/c1-11-9-13(10-14(15(11)17)16(20)21)19(2)8-5-12-3-6-18-7-4-12/h3-4,6-7,9-10H,5,8,17H2,1-2H3,(H,20,21). The third kappa shape index (κ3) is 3.51. The number of rotatable bonds is 5. The van der Waals surface area contributed by atoms with E-state index in [1.54, 1.807) is 18.5 Å². The van der Waals surface area contributed by atoms with Gasteiger partial charge >= 0.3 is 5.97 Å². The predicted octanol–water partition coefficient (Wildman–Crippen LogP) is 2.35. The lowest BCUT2D eigenvalue weighted by atomic mass is 10.1. The fourth-order valence-electron chi connectivity index (χ4n) is 2.15. The Kier molecular flexibility index (Phi) is 4.42. The van der Waals surface area contributed by atoms with Gasteiger partial charge in [0.05, 0.1) is 5.56 Å². The molecule has 5 heteroatoms. The van der Waals surface area contributed by atoms with E-state index in [2.05, 4.69) is 4.98 Å². The number of nitrogen functional groups attached to an aromatic ring is 1. The zero-order valence-electron chi connectivity index (χ0n) is 12.2. The van der Waals surface area contributed by atoms with Gasteiger partial charge in [0.15, 0.2) is 0 Å². The summed E-state index contributed by atoms with van der Waals surface area (Å²) in [7, 11) is 1.94. The Morgan fingerprint density at radius 1 is 1.33 bits per heavy atom. The fourth-order valence-corrected chi connectivity index (χ4v) is 2.15. The molecular formula is C16H19N3O2. The minimum absolute atomic E-state index is 0.153. The van der Waals surface area contributed by atoms with Crippen molar-refractivity contribution >= 4 is 17.3 Å². The molecule has 2 aromatic rings. The van der Waals surface area contributed by atoms with Gasteiger partial charge in [0, 0.05) is 37.4 Å². The summed E-state index contributed by atoms with van der Waals surface area (Å²) in [6.07, 6.45) is 4.40. The normalized spacial score (nSPS) is 10.4. The van der Waals surface area contributed by atoms with Crippen molar-refractivity contribution in [3.63, 3.8) is 0 Å². The van der Waals surface area contributed by atoms with Gasteiger partial charge in [-0.05, 0) is 48.7 Å². The van der Waals surface area contributed by atoms with Crippen molar-refractivity contribution < 1.29 is 9.90 Å². The minimum atomic E-state index is -1.00. The van der Waals surface area contributed by atoms with E-state index < -0.39 is 5.97 Å². The average molecular weight is 285 g/mol. The molecular weight excluding hydrogens is 266 g/mol. The third-order valence-corrected chi connectivity index (χ3v) is 3.53. The summed E-state index contributed by atoms with van der Waals surface area (Å²) in [6, 6.07) is 7.49. The van der Waals surface area contributed by atoms with E-state index in [-0.39, 0.29) is 5.56 Å². The Hall–Kier alpha value is -2.56. The summed E-state index contributed by atoms with van der Waals surface area (Å²) in [5.74, 6) is -1.00. The number of aromatic nitrogens is 1. The molecule has 0 spiro atoms. The molecule has 110 valence electrons. The molecule has 21 heavy (non-hydrogen) atoms. The second-order valence-electron chi connectivity index (χ2n) is 5.06. The van der Waals surface area contributed by atoms with Crippen LogP contribution in [0.15, 0.2) is 36.7 Å². The lowest BCUT2D eigenvalue weighted by Crippen LogP contribution is -2.21. The number of hydrogen-bond donors (Lipinski definition) is 2. The third-order valence-electron chi connectivity index (χ3n) is 3.53. The minimum Gasteiger partial charge on any atom is -0.478 e. The van der Waals surface area contributed by atoms with E-state index >= 15 is 0 Å².